The monoisotopic (exact) mass is 236 g/mol. The van der Waals surface area contributed by atoms with Crippen molar-refractivity contribution in [3.63, 3.8) is 0 Å². The largest absolute Gasteiger partial charge is 0.478 e. The zero-order valence-corrected chi connectivity index (χ0v) is 8.68. The predicted octanol–water partition coefficient (Wildman–Crippen LogP) is 2.12. The van der Waals surface area contributed by atoms with Crippen LogP contribution in [-0.4, -0.2) is 16.2 Å². The van der Waals surface area contributed by atoms with Gasteiger partial charge in [-0.25, -0.2) is 9.18 Å². The minimum atomic E-state index is -1.31. The molecule has 2 aromatic rings. The average molecular weight is 236 g/mol. The molecule has 0 saturated heterocycles. The van der Waals surface area contributed by atoms with Crippen molar-refractivity contribution in [2.24, 2.45) is 0 Å². The molecule has 1 aromatic heterocycles. The molecule has 0 aliphatic heterocycles. The molecule has 17 heavy (non-hydrogen) atoms. The van der Waals surface area contributed by atoms with Crippen LogP contribution in [0.15, 0.2) is 35.1 Å². The van der Waals surface area contributed by atoms with Crippen molar-refractivity contribution in [1.29, 1.82) is 0 Å². The molecule has 1 heterocycles. The maximum Gasteiger partial charge on any atom is 0.340 e. The first-order chi connectivity index (χ1) is 8.18. The number of aromatic carboxylic acids is 1. The average Bonchev–Trinajstić information content (AvgIpc) is 2.78. The molecule has 0 saturated carbocycles. The Morgan fingerprint density at radius 3 is 2.94 bits per heavy atom. The number of benzene rings is 1. The first-order valence-electron chi connectivity index (χ1n) is 4.83. The summed E-state index contributed by atoms with van der Waals surface area (Å²) in [6.45, 7) is 0.264. The molecule has 5 nitrogen and oxygen atoms in total. The standard InChI is InChI=1S/C11H9FN2O3/c12-8-2-1-3-9(10(8)11(15)16)13-6-7-4-5-17-14-7/h1-5,13H,6H2,(H,15,16). The Labute approximate surface area is 95.9 Å². The van der Waals surface area contributed by atoms with Crippen LogP contribution in [0, 0.1) is 5.82 Å². The van der Waals surface area contributed by atoms with Crippen LogP contribution in [0.4, 0.5) is 10.1 Å². The molecule has 2 rings (SSSR count). The van der Waals surface area contributed by atoms with Gasteiger partial charge in [0, 0.05) is 6.07 Å². The summed E-state index contributed by atoms with van der Waals surface area (Å²) in [5, 5.41) is 15.3. The molecule has 0 radical (unpaired) electrons. The number of nitrogens with zero attached hydrogens (tertiary/aromatic N) is 1. The zero-order valence-electron chi connectivity index (χ0n) is 8.68. The Morgan fingerprint density at radius 1 is 1.47 bits per heavy atom. The van der Waals surface area contributed by atoms with E-state index in [0.717, 1.165) is 6.07 Å². The van der Waals surface area contributed by atoms with Gasteiger partial charge in [-0.2, -0.15) is 0 Å². The summed E-state index contributed by atoms with van der Waals surface area (Å²) in [6, 6.07) is 5.66. The lowest BCUT2D eigenvalue weighted by atomic mass is 10.1. The topological polar surface area (TPSA) is 75.4 Å². The second-order valence-corrected chi connectivity index (χ2v) is 3.31. The van der Waals surface area contributed by atoms with Gasteiger partial charge in [0.25, 0.3) is 0 Å². The summed E-state index contributed by atoms with van der Waals surface area (Å²) < 4.78 is 17.9. The van der Waals surface area contributed by atoms with E-state index in [0.29, 0.717) is 5.69 Å². The van der Waals surface area contributed by atoms with Gasteiger partial charge in [0.2, 0.25) is 0 Å². The van der Waals surface area contributed by atoms with Crippen molar-refractivity contribution >= 4 is 11.7 Å². The molecule has 0 unspecified atom stereocenters. The van der Waals surface area contributed by atoms with Gasteiger partial charge in [-0.3, -0.25) is 0 Å². The third-order valence-electron chi connectivity index (χ3n) is 2.18. The lowest BCUT2D eigenvalue weighted by Gasteiger charge is -2.08. The van der Waals surface area contributed by atoms with E-state index >= 15 is 0 Å². The fourth-order valence-electron chi connectivity index (χ4n) is 1.40. The highest BCUT2D eigenvalue weighted by Gasteiger charge is 2.15. The van der Waals surface area contributed by atoms with Crippen molar-refractivity contribution in [3.8, 4) is 0 Å². The summed E-state index contributed by atoms with van der Waals surface area (Å²) in [7, 11) is 0. The Kier molecular flexibility index (Phi) is 3.04. The second kappa shape index (κ2) is 4.65. The number of nitrogens with one attached hydrogen (secondary N) is 1. The predicted molar refractivity (Wildman–Crippen MR) is 57.2 cm³/mol. The van der Waals surface area contributed by atoms with Crippen LogP contribution in [0.2, 0.25) is 0 Å². The van der Waals surface area contributed by atoms with E-state index < -0.39 is 11.8 Å². The molecule has 0 aliphatic rings. The van der Waals surface area contributed by atoms with Crippen LogP contribution in [0.1, 0.15) is 16.1 Å². The fourth-order valence-corrected chi connectivity index (χ4v) is 1.40. The molecule has 2 N–H and O–H groups in total. The van der Waals surface area contributed by atoms with E-state index in [-0.39, 0.29) is 17.8 Å². The van der Waals surface area contributed by atoms with Gasteiger partial charge >= 0.3 is 5.97 Å². The lowest BCUT2D eigenvalue weighted by Crippen LogP contribution is -2.08. The van der Waals surface area contributed by atoms with E-state index in [1.54, 1.807) is 6.07 Å². The van der Waals surface area contributed by atoms with Crippen molar-refractivity contribution in [2.75, 3.05) is 5.32 Å². The van der Waals surface area contributed by atoms with E-state index in [1.807, 2.05) is 0 Å². The molecule has 0 fully saturated rings. The Hall–Kier alpha value is -2.37. The molecular formula is C11H9FN2O3. The van der Waals surface area contributed by atoms with Gasteiger partial charge in [0.15, 0.2) is 0 Å². The number of rotatable bonds is 4. The summed E-state index contributed by atoms with van der Waals surface area (Å²) in [4.78, 5) is 10.9. The van der Waals surface area contributed by atoms with Crippen LogP contribution >= 0.6 is 0 Å². The second-order valence-electron chi connectivity index (χ2n) is 3.31. The van der Waals surface area contributed by atoms with Crippen LogP contribution in [0.3, 0.4) is 0 Å². The molecule has 6 heteroatoms. The molecule has 0 bridgehead atoms. The molecule has 0 atom stereocenters. The van der Waals surface area contributed by atoms with Crippen molar-refractivity contribution in [1.82, 2.24) is 5.16 Å². The summed E-state index contributed by atoms with van der Waals surface area (Å²) >= 11 is 0. The molecule has 0 spiro atoms. The van der Waals surface area contributed by atoms with Crippen LogP contribution in [0.5, 0.6) is 0 Å². The third kappa shape index (κ3) is 2.41. The number of anilines is 1. The van der Waals surface area contributed by atoms with Gasteiger partial charge in [-0.15, -0.1) is 0 Å². The van der Waals surface area contributed by atoms with E-state index in [1.165, 1.54) is 18.4 Å². The quantitative estimate of drug-likeness (QED) is 0.850. The molecular weight excluding hydrogens is 227 g/mol. The van der Waals surface area contributed by atoms with E-state index in [9.17, 15) is 9.18 Å². The van der Waals surface area contributed by atoms with Gasteiger partial charge in [0.1, 0.15) is 23.3 Å². The number of carboxylic acids is 1. The van der Waals surface area contributed by atoms with Gasteiger partial charge < -0.3 is 14.9 Å². The van der Waals surface area contributed by atoms with Gasteiger partial charge in [0.05, 0.1) is 12.2 Å². The normalized spacial score (nSPS) is 10.2. The summed E-state index contributed by atoms with van der Waals surface area (Å²) in [6.07, 6.45) is 1.40. The number of carbonyl (C=O) groups is 1. The van der Waals surface area contributed by atoms with Crippen LogP contribution in [0.25, 0.3) is 0 Å². The molecule has 1 aromatic carbocycles. The number of hydrogen-bond acceptors (Lipinski definition) is 4. The number of carboxylic acid groups (broad SMARTS) is 1. The first-order valence-corrected chi connectivity index (χ1v) is 4.83. The third-order valence-corrected chi connectivity index (χ3v) is 2.18. The Bertz CT molecular complexity index is 526. The van der Waals surface area contributed by atoms with Gasteiger partial charge in [-0.05, 0) is 12.1 Å². The Balaban J connectivity index is 2.21. The van der Waals surface area contributed by atoms with E-state index in [2.05, 4.69) is 15.0 Å². The number of aromatic nitrogens is 1. The van der Waals surface area contributed by atoms with Crippen LogP contribution in [-0.2, 0) is 6.54 Å². The number of hydrogen-bond donors (Lipinski definition) is 2. The lowest BCUT2D eigenvalue weighted by molar-refractivity contribution is 0.0693. The highest BCUT2D eigenvalue weighted by atomic mass is 19.1. The maximum absolute atomic E-state index is 13.3. The van der Waals surface area contributed by atoms with Crippen LogP contribution < -0.4 is 5.32 Å². The molecule has 0 amide bonds. The summed E-state index contributed by atoms with van der Waals surface area (Å²) in [5.74, 6) is -2.09. The maximum atomic E-state index is 13.3. The Morgan fingerprint density at radius 2 is 2.29 bits per heavy atom. The minimum Gasteiger partial charge on any atom is -0.478 e. The molecule has 0 aliphatic carbocycles. The number of halogens is 1. The van der Waals surface area contributed by atoms with Crippen molar-refractivity contribution in [2.45, 2.75) is 6.54 Å². The van der Waals surface area contributed by atoms with E-state index in [4.69, 9.17) is 5.11 Å². The summed E-state index contributed by atoms with van der Waals surface area (Å²) in [5.41, 5.74) is 0.432. The van der Waals surface area contributed by atoms with Crippen molar-refractivity contribution in [3.05, 3.63) is 47.6 Å². The SMILES string of the molecule is O=C(O)c1c(F)cccc1NCc1ccon1. The first kappa shape index (κ1) is 11.1. The smallest absolute Gasteiger partial charge is 0.340 e. The zero-order chi connectivity index (χ0) is 12.3. The fraction of sp³-hybridized carbons (Fsp3) is 0.0909. The van der Waals surface area contributed by atoms with Gasteiger partial charge in [-0.1, -0.05) is 11.2 Å². The highest BCUT2D eigenvalue weighted by molar-refractivity contribution is 5.94. The minimum absolute atomic E-state index is 0.209. The molecule has 88 valence electrons. The van der Waals surface area contributed by atoms with Crippen molar-refractivity contribution < 1.29 is 18.8 Å². The highest BCUT2D eigenvalue weighted by Crippen LogP contribution is 2.19.